The molecule has 4 heterocycles. The van der Waals surface area contributed by atoms with Crippen LogP contribution in [0.3, 0.4) is 0 Å². The fourth-order valence-corrected chi connectivity index (χ4v) is 6.95. The smallest absolute Gasteiger partial charge is 0.318 e. The number of aromatic nitrogens is 1. The number of rotatable bonds is 10. The molecule has 0 unspecified atom stereocenters. The van der Waals surface area contributed by atoms with Gasteiger partial charge in [-0.3, -0.25) is 14.7 Å². The Hall–Kier alpha value is -2.26. The van der Waals surface area contributed by atoms with Gasteiger partial charge in [0.1, 0.15) is 18.4 Å². The zero-order valence-electron chi connectivity index (χ0n) is 25.0. The average molecular weight is 653 g/mol. The maximum absolute atomic E-state index is 13.9. The summed E-state index contributed by atoms with van der Waals surface area (Å²) in [5, 5.41) is 4.05. The number of hydrogen-bond acceptors (Lipinski definition) is 5. The van der Waals surface area contributed by atoms with Gasteiger partial charge in [-0.25, -0.2) is 4.79 Å². The minimum Gasteiger partial charge on any atom is -0.490 e. The molecule has 2 atom stereocenters. The van der Waals surface area contributed by atoms with Crippen molar-refractivity contribution < 1.29 is 14.3 Å². The van der Waals surface area contributed by atoms with E-state index in [0.717, 1.165) is 62.2 Å². The van der Waals surface area contributed by atoms with Crippen LogP contribution in [0.1, 0.15) is 69.0 Å². The van der Waals surface area contributed by atoms with Gasteiger partial charge < -0.3 is 19.9 Å². The molecule has 0 radical (unpaired) electrons. The van der Waals surface area contributed by atoms with Crippen LogP contribution in [0.2, 0.25) is 10.0 Å². The zero-order valence-corrected chi connectivity index (χ0v) is 27.3. The molecule has 0 aliphatic carbocycles. The van der Waals surface area contributed by atoms with Crippen LogP contribution in [-0.2, 0) is 11.2 Å². The van der Waals surface area contributed by atoms with E-state index < -0.39 is 6.04 Å². The molecule has 8 nitrogen and oxygen atoms in total. The first-order chi connectivity index (χ1) is 20.4. The number of piperidine rings is 1. The summed E-state index contributed by atoms with van der Waals surface area (Å²) in [5.74, 6) is 0.981. The molecule has 43 heavy (non-hydrogen) atoms. The standard InChI is InChI=1S/C32H43Cl2N5O3.ClH/c1-2-26(37-14-3-4-15-37)22-42-29-8-7-13-35-30(29)23-11-18-38(19-12-23)31(40)28(36-32(41)39-16-5-6-17-39)20-24-9-10-25(33)21-27(24)34;/h7-10,13,21,23,26,28H,2-6,11-12,14-20,22H2,1H3,(H,36,41);1H/t26-,28-;/m1./s1. The lowest BCUT2D eigenvalue weighted by molar-refractivity contribution is -0.134. The minimum atomic E-state index is -0.710. The molecule has 1 N–H and O–H groups in total. The lowest BCUT2D eigenvalue weighted by Crippen LogP contribution is -2.54. The summed E-state index contributed by atoms with van der Waals surface area (Å²) < 4.78 is 6.39. The van der Waals surface area contributed by atoms with Crippen LogP contribution in [0.25, 0.3) is 0 Å². The highest BCUT2D eigenvalue weighted by molar-refractivity contribution is 6.35. The Bertz CT molecular complexity index is 1210. The number of carbonyl (C=O) groups excluding carboxylic acids is 2. The number of amides is 3. The molecule has 0 saturated carbocycles. The van der Waals surface area contributed by atoms with Gasteiger partial charge in [-0.1, -0.05) is 36.2 Å². The second kappa shape index (κ2) is 16.2. The Kier molecular flexibility index (Phi) is 12.6. The molecule has 236 valence electrons. The number of hydrogen-bond donors (Lipinski definition) is 1. The predicted molar refractivity (Wildman–Crippen MR) is 174 cm³/mol. The van der Waals surface area contributed by atoms with E-state index in [9.17, 15) is 9.59 Å². The van der Waals surface area contributed by atoms with E-state index in [4.69, 9.17) is 32.9 Å². The molecule has 3 amide bonds. The second-order valence-electron chi connectivity index (χ2n) is 11.7. The number of urea groups is 1. The number of pyridine rings is 1. The second-order valence-corrected chi connectivity index (χ2v) is 12.6. The Morgan fingerprint density at radius 2 is 1.70 bits per heavy atom. The summed E-state index contributed by atoms with van der Waals surface area (Å²) in [6.07, 6.45) is 9.28. The predicted octanol–water partition coefficient (Wildman–Crippen LogP) is 6.19. The molecule has 3 fully saturated rings. The van der Waals surface area contributed by atoms with E-state index in [1.165, 1.54) is 12.8 Å². The molecule has 0 bridgehead atoms. The van der Waals surface area contributed by atoms with Crippen molar-refractivity contribution in [3.05, 3.63) is 57.8 Å². The van der Waals surface area contributed by atoms with Gasteiger partial charge in [0.25, 0.3) is 0 Å². The fourth-order valence-electron chi connectivity index (χ4n) is 6.47. The minimum absolute atomic E-state index is 0. The topological polar surface area (TPSA) is 78.0 Å². The monoisotopic (exact) mass is 651 g/mol. The van der Waals surface area contributed by atoms with E-state index in [-0.39, 0.29) is 30.3 Å². The van der Waals surface area contributed by atoms with Crippen LogP contribution in [0.15, 0.2) is 36.5 Å². The van der Waals surface area contributed by atoms with Crippen molar-refractivity contribution in [3.63, 3.8) is 0 Å². The van der Waals surface area contributed by atoms with Gasteiger partial charge >= 0.3 is 6.03 Å². The highest BCUT2D eigenvalue weighted by atomic mass is 35.5. The molecule has 2 aromatic rings. The summed E-state index contributed by atoms with van der Waals surface area (Å²) in [5.41, 5.74) is 1.76. The summed E-state index contributed by atoms with van der Waals surface area (Å²) >= 11 is 12.6. The van der Waals surface area contributed by atoms with Crippen LogP contribution < -0.4 is 10.1 Å². The van der Waals surface area contributed by atoms with Crippen molar-refractivity contribution >= 4 is 47.5 Å². The van der Waals surface area contributed by atoms with Crippen LogP contribution in [0, 0.1) is 0 Å². The summed E-state index contributed by atoms with van der Waals surface area (Å²) in [6, 6.07) is 8.74. The van der Waals surface area contributed by atoms with Gasteiger partial charge in [-0.15, -0.1) is 12.4 Å². The fraction of sp³-hybridized carbons (Fsp3) is 0.594. The van der Waals surface area contributed by atoms with E-state index in [2.05, 4.69) is 17.1 Å². The summed E-state index contributed by atoms with van der Waals surface area (Å²) in [7, 11) is 0. The van der Waals surface area contributed by atoms with Gasteiger partial charge in [-0.05, 0) is 87.9 Å². The lowest BCUT2D eigenvalue weighted by atomic mass is 9.91. The van der Waals surface area contributed by atoms with E-state index in [1.54, 1.807) is 17.0 Å². The van der Waals surface area contributed by atoms with Crippen LogP contribution in [0.4, 0.5) is 4.79 Å². The molecule has 1 aromatic heterocycles. The molecular weight excluding hydrogens is 609 g/mol. The van der Waals surface area contributed by atoms with Gasteiger partial charge in [0.05, 0.1) is 5.69 Å². The summed E-state index contributed by atoms with van der Waals surface area (Å²) in [6.45, 7) is 7.81. The van der Waals surface area contributed by atoms with E-state index in [0.29, 0.717) is 55.3 Å². The van der Waals surface area contributed by atoms with Gasteiger partial charge in [0.15, 0.2) is 0 Å². The lowest BCUT2D eigenvalue weighted by Gasteiger charge is -2.35. The molecule has 1 aromatic carbocycles. The normalized spacial score (nSPS) is 19.1. The molecular formula is C32H44Cl3N5O3. The number of likely N-dealkylation sites (tertiary alicyclic amines) is 3. The highest BCUT2D eigenvalue weighted by Gasteiger charge is 2.33. The molecule has 3 saturated heterocycles. The number of halogens is 3. The average Bonchev–Trinajstić information content (AvgIpc) is 3.74. The van der Waals surface area contributed by atoms with Crippen molar-refractivity contribution in [1.82, 2.24) is 25.0 Å². The Morgan fingerprint density at radius 3 is 2.37 bits per heavy atom. The zero-order chi connectivity index (χ0) is 29.5. The highest BCUT2D eigenvalue weighted by Crippen LogP contribution is 2.33. The molecule has 3 aliphatic heterocycles. The van der Waals surface area contributed by atoms with Crippen molar-refractivity contribution in [1.29, 1.82) is 0 Å². The Labute approximate surface area is 271 Å². The van der Waals surface area contributed by atoms with Crippen LogP contribution in [0.5, 0.6) is 5.75 Å². The van der Waals surface area contributed by atoms with Crippen LogP contribution in [-0.4, -0.2) is 89.6 Å². The van der Waals surface area contributed by atoms with Crippen molar-refractivity contribution in [2.45, 2.75) is 76.3 Å². The molecule has 0 spiro atoms. The molecule has 5 rings (SSSR count). The van der Waals surface area contributed by atoms with Gasteiger partial charge in [0.2, 0.25) is 5.91 Å². The number of nitrogens with one attached hydrogen (secondary N) is 1. The number of ether oxygens (including phenoxy) is 1. The van der Waals surface area contributed by atoms with Crippen molar-refractivity contribution in [3.8, 4) is 5.75 Å². The largest absolute Gasteiger partial charge is 0.490 e. The summed E-state index contributed by atoms with van der Waals surface area (Å²) in [4.78, 5) is 37.8. The first-order valence-corrected chi connectivity index (χ1v) is 16.3. The maximum Gasteiger partial charge on any atom is 0.318 e. The number of carbonyl (C=O) groups is 2. The van der Waals surface area contributed by atoms with Gasteiger partial charge in [-0.2, -0.15) is 0 Å². The number of benzene rings is 1. The third kappa shape index (κ3) is 8.68. The van der Waals surface area contributed by atoms with E-state index >= 15 is 0 Å². The van der Waals surface area contributed by atoms with E-state index in [1.807, 2.05) is 29.3 Å². The first-order valence-electron chi connectivity index (χ1n) is 15.5. The third-order valence-corrected chi connectivity index (χ3v) is 9.57. The van der Waals surface area contributed by atoms with Crippen LogP contribution >= 0.6 is 35.6 Å². The van der Waals surface area contributed by atoms with Gasteiger partial charge in [0, 0.05) is 60.8 Å². The molecule has 3 aliphatic rings. The molecule has 11 heteroatoms. The van der Waals surface area contributed by atoms with Crippen molar-refractivity contribution in [2.75, 3.05) is 45.9 Å². The Morgan fingerprint density at radius 1 is 1.00 bits per heavy atom. The SMILES string of the molecule is CC[C@H](COc1cccnc1C1CCN(C(=O)[C@@H](Cc2ccc(Cl)cc2Cl)NC(=O)N2CCCC2)CC1)N1CCCC1.Cl. The third-order valence-electron chi connectivity index (χ3n) is 8.98. The maximum atomic E-state index is 13.9. The van der Waals surface area contributed by atoms with Crippen molar-refractivity contribution in [2.24, 2.45) is 0 Å². The number of nitrogens with zero attached hydrogens (tertiary/aromatic N) is 4. The first kappa shape index (κ1) is 33.6. The Balaban J connectivity index is 0.00000423. The quantitative estimate of drug-likeness (QED) is 0.332.